The zero-order chi connectivity index (χ0) is 21.3. The number of benzene rings is 1. The third-order valence-electron chi connectivity index (χ3n) is 4.93. The Kier molecular flexibility index (Phi) is 6.18. The number of nitrogens with one attached hydrogen (secondary N) is 3. The van der Waals surface area contributed by atoms with Gasteiger partial charge in [0.1, 0.15) is 22.7 Å². The lowest BCUT2D eigenvalue weighted by Gasteiger charge is -2.35. The summed E-state index contributed by atoms with van der Waals surface area (Å²) in [5, 5.41) is 6.41. The van der Waals surface area contributed by atoms with Gasteiger partial charge < -0.3 is 20.7 Å². The van der Waals surface area contributed by atoms with Gasteiger partial charge in [-0.1, -0.05) is 17.7 Å². The number of rotatable bonds is 4. The summed E-state index contributed by atoms with van der Waals surface area (Å²) < 4.78 is 72.1. The van der Waals surface area contributed by atoms with Crippen molar-refractivity contribution in [2.45, 2.75) is 37.2 Å². The van der Waals surface area contributed by atoms with Crippen molar-refractivity contribution in [1.29, 1.82) is 0 Å². The molecular formula is C17H17ClF5N3O3. The van der Waals surface area contributed by atoms with Gasteiger partial charge in [-0.05, 0) is 18.9 Å². The predicted octanol–water partition coefficient (Wildman–Crippen LogP) is 2.81. The molecule has 2 heterocycles. The molecule has 3 amide bonds. The van der Waals surface area contributed by atoms with Crippen LogP contribution in [0.25, 0.3) is 0 Å². The van der Waals surface area contributed by atoms with E-state index in [1.807, 2.05) is 0 Å². The van der Waals surface area contributed by atoms with Gasteiger partial charge in [-0.2, -0.15) is 13.2 Å². The van der Waals surface area contributed by atoms with E-state index < -0.39 is 65.5 Å². The number of carbonyl (C=O) groups is 2. The number of hydrogen-bond acceptors (Lipinski definition) is 3. The molecule has 0 aromatic heterocycles. The van der Waals surface area contributed by atoms with E-state index in [0.717, 1.165) is 12.1 Å². The van der Waals surface area contributed by atoms with Gasteiger partial charge in [0.2, 0.25) is 5.91 Å². The highest BCUT2D eigenvalue weighted by Gasteiger charge is 2.44. The van der Waals surface area contributed by atoms with Crippen LogP contribution in [0.3, 0.4) is 0 Å². The third-order valence-corrected chi connectivity index (χ3v) is 5.28. The third kappa shape index (κ3) is 4.72. The van der Waals surface area contributed by atoms with Crippen LogP contribution in [0.5, 0.6) is 0 Å². The highest BCUT2D eigenvalue weighted by atomic mass is 35.5. The Morgan fingerprint density at radius 2 is 2.00 bits per heavy atom. The normalized spacial score (nSPS) is 25.9. The molecule has 12 heteroatoms. The van der Waals surface area contributed by atoms with Gasteiger partial charge in [0.05, 0.1) is 24.7 Å². The zero-order valence-corrected chi connectivity index (χ0v) is 15.5. The van der Waals surface area contributed by atoms with Gasteiger partial charge in [-0.15, -0.1) is 0 Å². The van der Waals surface area contributed by atoms with Crippen LogP contribution in [0, 0.1) is 17.6 Å². The molecule has 2 saturated heterocycles. The minimum Gasteiger partial charge on any atom is -0.375 e. The Bertz CT molecular complexity index is 799. The summed E-state index contributed by atoms with van der Waals surface area (Å²) in [5.41, 5.74) is -0.225. The number of halogens is 6. The van der Waals surface area contributed by atoms with E-state index in [1.165, 1.54) is 0 Å². The number of hydrogen-bond donors (Lipinski definition) is 3. The maximum Gasteiger partial charge on any atom is 0.394 e. The van der Waals surface area contributed by atoms with Crippen molar-refractivity contribution in [3.05, 3.63) is 34.4 Å². The SMILES string of the molecule is O=C1NC[C@@H](C(=O)N[C@@H](c2ccc(F)c(Cl)c2F)[C@H]2CC[C@@H](C(F)(F)F)CO2)N1. The van der Waals surface area contributed by atoms with Crippen molar-refractivity contribution in [2.75, 3.05) is 13.2 Å². The maximum absolute atomic E-state index is 14.6. The number of urea groups is 1. The molecule has 0 bridgehead atoms. The van der Waals surface area contributed by atoms with Gasteiger partial charge in [-0.3, -0.25) is 4.79 Å². The molecule has 4 atom stereocenters. The van der Waals surface area contributed by atoms with Crippen LogP contribution in [0.4, 0.5) is 26.7 Å². The Hall–Kier alpha value is -2.14. The lowest BCUT2D eigenvalue weighted by atomic mass is 9.90. The lowest BCUT2D eigenvalue weighted by Crippen LogP contribution is -2.49. The molecule has 3 N–H and O–H groups in total. The summed E-state index contributed by atoms with van der Waals surface area (Å²) in [5.74, 6) is -4.54. The average molecular weight is 442 g/mol. The fraction of sp³-hybridized carbons (Fsp3) is 0.529. The standard InChI is InChI=1S/C17H17ClF5N3O3/c18-12-9(19)3-2-8(13(12)20)14(26-15(27)10-5-24-16(28)25-10)11-4-1-7(6-29-11)17(21,22)23/h2-3,7,10-11,14H,1,4-6H2,(H,26,27)(H2,24,25,28)/t7-,10+,11-,14+/m1/s1. The second-order valence-electron chi connectivity index (χ2n) is 6.85. The Balaban J connectivity index is 1.83. The predicted molar refractivity (Wildman–Crippen MR) is 91.1 cm³/mol. The fourth-order valence-electron chi connectivity index (χ4n) is 3.31. The van der Waals surface area contributed by atoms with Gasteiger partial charge in [0, 0.05) is 12.1 Å². The van der Waals surface area contributed by atoms with Crippen molar-refractivity contribution in [2.24, 2.45) is 5.92 Å². The molecule has 0 saturated carbocycles. The van der Waals surface area contributed by atoms with E-state index in [0.29, 0.717) is 0 Å². The first-order valence-corrected chi connectivity index (χ1v) is 9.12. The Morgan fingerprint density at radius 3 is 2.55 bits per heavy atom. The molecule has 0 unspecified atom stereocenters. The van der Waals surface area contributed by atoms with Crippen LogP contribution in [-0.2, 0) is 9.53 Å². The van der Waals surface area contributed by atoms with E-state index in [4.69, 9.17) is 16.3 Å². The van der Waals surface area contributed by atoms with Crippen LogP contribution in [0.1, 0.15) is 24.4 Å². The van der Waals surface area contributed by atoms with Crippen LogP contribution < -0.4 is 16.0 Å². The fourth-order valence-corrected chi connectivity index (χ4v) is 3.48. The molecule has 29 heavy (non-hydrogen) atoms. The summed E-state index contributed by atoms with van der Waals surface area (Å²) >= 11 is 5.61. The molecule has 0 spiro atoms. The van der Waals surface area contributed by atoms with Crippen molar-refractivity contribution >= 4 is 23.5 Å². The van der Waals surface area contributed by atoms with Gasteiger partial charge >= 0.3 is 12.2 Å². The smallest absolute Gasteiger partial charge is 0.375 e. The summed E-state index contributed by atoms with van der Waals surface area (Å²) in [4.78, 5) is 23.7. The largest absolute Gasteiger partial charge is 0.394 e. The Labute approximate surface area is 167 Å². The molecule has 3 rings (SSSR count). The molecule has 0 aliphatic carbocycles. The molecule has 1 aromatic carbocycles. The number of alkyl halides is 3. The van der Waals surface area contributed by atoms with Gasteiger partial charge in [-0.25, -0.2) is 13.6 Å². The molecule has 2 fully saturated rings. The van der Waals surface area contributed by atoms with E-state index in [1.54, 1.807) is 0 Å². The lowest BCUT2D eigenvalue weighted by molar-refractivity contribution is -0.210. The van der Waals surface area contributed by atoms with Crippen molar-refractivity contribution < 1.29 is 36.3 Å². The molecule has 0 radical (unpaired) electrons. The number of ether oxygens (including phenoxy) is 1. The molecule has 6 nitrogen and oxygen atoms in total. The minimum absolute atomic E-state index is 0.0221. The molecular weight excluding hydrogens is 425 g/mol. The van der Waals surface area contributed by atoms with E-state index in [2.05, 4.69) is 16.0 Å². The second kappa shape index (κ2) is 8.31. The summed E-state index contributed by atoms with van der Waals surface area (Å²) in [6.45, 7) is -0.676. The molecule has 1 aromatic rings. The van der Waals surface area contributed by atoms with Crippen LogP contribution in [0.15, 0.2) is 12.1 Å². The first-order valence-electron chi connectivity index (χ1n) is 8.74. The summed E-state index contributed by atoms with van der Waals surface area (Å²) in [7, 11) is 0. The van der Waals surface area contributed by atoms with Crippen molar-refractivity contribution in [3.63, 3.8) is 0 Å². The number of carbonyl (C=O) groups excluding carboxylic acids is 2. The monoisotopic (exact) mass is 441 g/mol. The highest BCUT2D eigenvalue weighted by Crippen LogP contribution is 2.38. The molecule has 2 aliphatic heterocycles. The van der Waals surface area contributed by atoms with E-state index in [9.17, 15) is 31.5 Å². The van der Waals surface area contributed by atoms with Crippen LogP contribution >= 0.6 is 11.6 Å². The number of amides is 3. The van der Waals surface area contributed by atoms with Crippen LogP contribution in [-0.4, -0.2) is 43.4 Å². The average Bonchev–Trinajstić information content (AvgIpc) is 3.11. The van der Waals surface area contributed by atoms with E-state index in [-0.39, 0.29) is 24.9 Å². The first-order chi connectivity index (χ1) is 13.6. The first kappa shape index (κ1) is 21.6. The van der Waals surface area contributed by atoms with Gasteiger partial charge in [0.15, 0.2) is 0 Å². The quantitative estimate of drug-likeness (QED) is 0.496. The molecule has 160 valence electrons. The zero-order valence-electron chi connectivity index (χ0n) is 14.8. The molecule has 2 aliphatic rings. The second-order valence-corrected chi connectivity index (χ2v) is 7.22. The Morgan fingerprint density at radius 1 is 1.28 bits per heavy atom. The van der Waals surface area contributed by atoms with Crippen molar-refractivity contribution in [1.82, 2.24) is 16.0 Å². The minimum atomic E-state index is -4.44. The summed E-state index contributed by atoms with van der Waals surface area (Å²) in [6, 6.07) is -0.825. The summed E-state index contributed by atoms with van der Waals surface area (Å²) in [6.07, 6.45) is -5.84. The van der Waals surface area contributed by atoms with Gasteiger partial charge in [0.25, 0.3) is 0 Å². The van der Waals surface area contributed by atoms with Crippen LogP contribution in [0.2, 0.25) is 5.02 Å². The van der Waals surface area contributed by atoms with E-state index >= 15 is 0 Å². The maximum atomic E-state index is 14.6. The topological polar surface area (TPSA) is 79.5 Å². The highest BCUT2D eigenvalue weighted by molar-refractivity contribution is 6.31. The van der Waals surface area contributed by atoms with Crippen molar-refractivity contribution in [3.8, 4) is 0 Å².